The van der Waals surface area contributed by atoms with E-state index in [2.05, 4.69) is 52.7 Å². The molecule has 1 fully saturated rings. The van der Waals surface area contributed by atoms with Crippen LogP contribution in [0.1, 0.15) is 37.7 Å². The number of amides is 1. The Hall–Kier alpha value is -1.58. The van der Waals surface area contributed by atoms with Crippen molar-refractivity contribution >= 4 is 29.1 Å². The zero-order valence-electron chi connectivity index (χ0n) is 15.2. The number of hydrogen-bond acceptors (Lipinski definition) is 2. The van der Waals surface area contributed by atoms with Crippen LogP contribution in [0.5, 0.6) is 0 Å². The van der Waals surface area contributed by atoms with Crippen LogP contribution in [0.2, 0.25) is 0 Å². The summed E-state index contributed by atoms with van der Waals surface area (Å²) in [6.07, 6.45) is 3.49. The van der Waals surface area contributed by atoms with Gasteiger partial charge in [0.05, 0.1) is 5.92 Å². The Morgan fingerprint density at radius 2 is 1.84 bits per heavy atom. The Morgan fingerprint density at radius 1 is 1.16 bits per heavy atom. The highest BCUT2D eigenvalue weighted by Crippen LogP contribution is 2.26. The molecule has 0 bridgehead atoms. The minimum absolute atomic E-state index is 0. The fourth-order valence-corrected chi connectivity index (χ4v) is 3.68. The molecule has 0 spiro atoms. The second-order valence-electron chi connectivity index (χ2n) is 6.99. The molecule has 2 aromatic rings. The third-order valence-electron chi connectivity index (χ3n) is 5.37. The fourth-order valence-electron chi connectivity index (χ4n) is 3.68. The molecule has 4 heteroatoms. The third kappa shape index (κ3) is 4.74. The smallest absolute Gasteiger partial charge is 0.229 e. The molecule has 1 N–H and O–H groups in total. The zero-order chi connectivity index (χ0) is 16.9. The molecule has 136 valence electrons. The number of nitrogens with one attached hydrogen (secondary N) is 1. The highest BCUT2D eigenvalue weighted by atomic mass is 35.5. The standard InChI is InChI=1S/C21H28N2O.ClH/c1-16(19-8-7-18-5-3-4-6-20(18)15-19)21(24)23-13-10-17(11-14-23)9-12-22-2;/h3-8,15-17,22H,9-14H2,1-2H3;1H. The molecule has 1 heterocycles. The Bertz CT molecular complexity index is 695. The molecular formula is C21H29ClN2O. The van der Waals surface area contributed by atoms with Crippen LogP contribution in [-0.2, 0) is 4.79 Å². The number of halogens is 1. The van der Waals surface area contributed by atoms with Gasteiger partial charge in [-0.05, 0) is 62.0 Å². The fraction of sp³-hybridized carbons (Fsp3) is 0.476. The van der Waals surface area contributed by atoms with E-state index >= 15 is 0 Å². The number of carbonyl (C=O) groups is 1. The molecular weight excluding hydrogens is 332 g/mol. The Balaban J connectivity index is 0.00000225. The van der Waals surface area contributed by atoms with Crippen molar-refractivity contribution in [3.05, 3.63) is 48.0 Å². The van der Waals surface area contributed by atoms with E-state index in [-0.39, 0.29) is 24.2 Å². The zero-order valence-corrected chi connectivity index (χ0v) is 16.0. The predicted octanol–water partition coefficient (Wildman–Crippen LogP) is 4.21. The average molecular weight is 361 g/mol. The van der Waals surface area contributed by atoms with E-state index in [1.54, 1.807) is 0 Å². The molecule has 3 nitrogen and oxygen atoms in total. The SMILES string of the molecule is CNCCC1CCN(C(=O)C(C)c2ccc3ccccc3c2)CC1.Cl. The van der Waals surface area contributed by atoms with Gasteiger partial charge >= 0.3 is 0 Å². The molecule has 1 aliphatic rings. The minimum atomic E-state index is -0.0662. The maximum absolute atomic E-state index is 12.9. The first-order chi connectivity index (χ1) is 11.7. The van der Waals surface area contributed by atoms with Gasteiger partial charge in [0.15, 0.2) is 0 Å². The summed E-state index contributed by atoms with van der Waals surface area (Å²) >= 11 is 0. The second-order valence-corrected chi connectivity index (χ2v) is 6.99. The first kappa shape index (κ1) is 19.7. The molecule has 1 aliphatic heterocycles. The molecule has 0 aromatic heterocycles. The van der Waals surface area contributed by atoms with E-state index in [9.17, 15) is 4.79 Å². The predicted molar refractivity (Wildman–Crippen MR) is 107 cm³/mol. The van der Waals surface area contributed by atoms with Crippen LogP contribution >= 0.6 is 12.4 Å². The number of benzene rings is 2. The van der Waals surface area contributed by atoms with Crippen LogP contribution < -0.4 is 5.32 Å². The number of hydrogen-bond donors (Lipinski definition) is 1. The molecule has 0 aliphatic carbocycles. The summed E-state index contributed by atoms with van der Waals surface area (Å²) in [5, 5.41) is 5.66. The number of likely N-dealkylation sites (tertiary alicyclic amines) is 1. The van der Waals surface area contributed by atoms with Gasteiger partial charge in [-0.3, -0.25) is 4.79 Å². The number of piperidine rings is 1. The summed E-state index contributed by atoms with van der Waals surface area (Å²) in [6.45, 7) is 4.93. The minimum Gasteiger partial charge on any atom is -0.342 e. The van der Waals surface area contributed by atoms with E-state index in [0.29, 0.717) is 0 Å². The van der Waals surface area contributed by atoms with Crippen LogP contribution in [0, 0.1) is 5.92 Å². The van der Waals surface area contributed by atoms with E-state index in [4.69, 9.17) is 0 Å². The Kier molecular flexibility index (Phi) is 7.27. The van der Waals surface area contributed by atoms with Crippen LogP contribution in [0.4, 0.5) is 0 Å². The summed E-state index contributed by atoms with van der Waals surface area (Å²) in [6, 6.07) is 14.7. The lowest BCUT2D eigenvalue weighted by Crippen LogP contribution is -2.40. The summed E-state index contributed by atoms with van der Waals surface area (Å²) in [7, 11) is 2.00. The van der Waals surface area contributed by atoms with E-state index < -0.39 is 0 Å². The second kappa shape index (κ2) is 9.21. The van der Waals surface area contributed by atoms with Crippen LogP contribution in [0.15, 0.2) is 42.5 Å². The summed E-state index contributed by atoms with van der Waals surface area (Å²) in [5.41, 5.74) is 1.12. The van der Waals surface area contributed by atoms with Crippen molar-refractivity contribution in [3.63, 3.8) is 0 Å². The molecule has 0 radical (unpaired) electrons. The van der Waals surface area contributed by atoms with E-state index in [0.717, 1.165) is 44.0 Å². The van der Waals surface area contributed by atoms with Gasteiger partial charge in [0.2, 0.25) is 5.91 Å². The monoisotopic (exact) mass is 360 g/mol. The van der Waals surface area contributed by atoms with Crippen molar-refractivity contribution in [2.45, 2.75) is 32.1 Å². The largest absolute Gasteiger partial charge is 0.342 e. The maximum Gasteiger partial charge on any atom is 0.229 e. The lowest BCUT2D eigenvalue weighted by molar-refractivity contribution is -0.133. The van der Waals surface area contributed by atoms with Crippen molar-refractivity contribution < 1.29 is 4.79 Å². The van der Waals surface area contributed by atoms with E-state index in [1.807, 2.05) is 14.0 Å². The van der Waals surface area contributed by atoms with Gasteiger partial charge in [0.25, 0.3) is 0 Å². The van der Waals surface area contributed by atoms with Gasteiger partial charge in [-0.25, -0.2) is 0 Å². The van der Waals surface area contributed by atoms with Gasteiger partial charge in [0.1, 0.15) is 0 Å². The maximum atomic E-state index is 12.9. The molecule has 25 heavy (non-hydrogen) atoms. The number of fused-ring (bicyclic) bond motifs is 1. The van der Waals surface area contributed by atoms with Gasteiger partial charge in [-0.1, -0.05) is 42.5 Å². The van der Waals surface area contributed by atoms with Crippen LogP contribution in [-0.4, -0.2) is 37.5 Å². The molecule has 2 aromatic carbocycles. The van der Waals surface area contributed by atoms with Crippen LogP contribution in [0.25, 0.3) is 10.8 Å². The topological polar surface area (TPSA) is 32.3 Å². The highest BCUT2D eigenvalue weighted by molar-refractivity contribution is 5.87. The van der Waals surface area contributed by atoms with Gasteiger partial charge in [0, 0.05) is 13.1 Å². The van der Waals surface area contributed by atoms with Gasteiger partial charge in [-0.15, -0.1) is 12.4 Å². The first-order valence-electron chi connectivity index (χ1n) is 9.11. The van der Waals surface area contributed by atoms with Crippen molar-refractivity contribution in [3.8, 4) is 0 Å². The molecule has 1 saturated heterocycles. The summed E-state index contributed by atoms with van der Waals surface area (Å²) in [5.74, 6) is 0.971. The normalized spacial score (nSPS) is 16.5. The van der Waals surface area contributed by atoms with Crippen molar-refractivity contribution in [1.29, 1.82) is 0 Å². The van der Waals surface area contributed by atoms with Crippen molar-refractivity contribution in [1.82, 2.24) is 10.2 Å². The molecule has 1 amide bonds. The molecule has 1 unspecified atom stereocenters. The quantitative estimate of drug-likeness (QED) is 0.866. The van der Waals surface area contributed by atoms with Crippen molar-refractivity contribution in [2.24, 2.45) is 5.92 Å². The number of rotatable bonds is 5. The number of carbonyl (C=O) groups excluding carboxylic acids is 1. The Morgan fingerprint density at radius 3 is 2.52 bits per heavy atom. The molecule has 1 atom stereocenters. The van der Waals surface area contributed by atoms with Gasteiger partial charge < -0.3 is 10.2 Å². The lowest BCUT2D eigenvalue weighted by Gasteiger charge is -2.33. The van der Waals surface area contributed by atoms with Crippen LogP contribution in [0.3, 0.4) is 0 Å². The summed E-state index contributed by atoms with van der Waals surface area (Å²) < 4.78 is 0. The van der Waals surface area contributed by atoms with Crippen molar-refractivity contribution in [2.75, 3.05) is 26.7 Å². The average Bonchev–Trinajstić information content (AvgIpc) is 2.65. The highest BCUT2D eigenvalue weighted by Gasteiger charge is 2.26. The lowest BCUT2D eigenvalue weighted by atomic mass is 9.91. The number of nitrogens with zero attached hydrogens (tertiary/aromatic N) is 1. The molecule has 0 saturated carbocycles. The van der Waals surface area contributed by atoms with E-state index in [1.165, 1.54) is 17.2 Å². The first-order valence-corrected chi connectivity index (χ1v) is 9.11. The Labute approximate surface area is 157 Å². The summed E-state index contributed by atoms with van der Waals surface area (Å²) in [4.78, 5) is 14.9. The van der Waals surface area contributed by atoms with Gasteiger partial charge in [-0.2, -0.15) is 0 Å². The third-order valence-corrected chi connectivity index (χ3v) is 5.37. The molecule has 3 rings (SSSR count).